The van der Waals surface area contributed by atoms with Gasteiger partial charge in [0.2, 0.25) is 0 Å². The zero-order valence-electron chi connectivity index (χ0n) is 17.0. The van der Waals surface area contributed by atoms with Crippen LogP contribution < -0.4 is 0 Å². The fourth-order valence-electron chi connectivity index (χ4n) is 2.47. The van der Waals surface area contributed by atoms with Crippen molar-refractivity contribution >= 4 is 6.29 Å². The Labute approximate surface area is 175 Å². The molecule has 0 aromatic rings. The van der Waals surface area contributed by atoms with Crippen LogP contribution in [0.2, 0.25) is 0 Å². The van der Waals surface area contributed by atoms with Crippen molar-refractivity contribution in [3.8, 4) is 0 Å². The standard InChI is InChI=1S/C20H29N3O7/c24-19-17-15-13-11-9-7-5-3-1-2-4-6-8-10-12-14-16-18-20(21(25)26,22(27)28)23(29)30/h2-5,8-11,19H,1,6-7,12-18H2. The first-order valence-electron chi connectivity index (χ1n) is 9.86. The summed E-state index contributed by atoms with van der Waals surface area (Å²) in [6, 6.07) is 0. The van der Waals surface area contributed by atoms with E-state index in [-0.39, 0.29) is 6.42 Å². The van der Waals surface area contributed by atoms with Gasteiger partial charge in [0.05, 0.1) is 0 Å². The van der Waals surface area contributed by atoms with Crippen molar-refractivity contribution in [3.05, 3.63) is 79.0 Å². The number of nitro groups is 3. The Bertz CT molecular complexity index is 633. The molecule has 10 heteroatoms. The van der Waals surface area contributed by atoms with E-state index >= 15 is 0 Å². The van der Waals surface area contributed by atoms with E-state index in [1.807, 2.05) is 24.3 Å². The van der Waals surface area contributed by atoms with Crippen LogP contribution in [0.3, 0.4) is 0 Å². The van der Waals surface area contributed by atoms with Gasteiger partial charge < -0.3 is 4.79 Å². The molecule has 0 saturated heterocycles. The molecule has 10 nitrogen and oxygen atoms in total. The van der Waals surface area contributed by atoms with Gasteiger partial charge in [0, 0.05) is 6.42 Å². The van der Waals surface area contributed by atoms with E-state index in [0.717, 1.165) is 32.0 Å². The van der Waals surface area contributed by atoms with E-state index in [9.17, 15) is 35.1 Å². The summed E-state index contributed by atoms with van der Waals surface area (Å²) in [6.07, 6.45) is 22.0. The topological polar surface area (TPSA) is 146 Å². The molecule has 166 valence electrons. The lowest BCUT2D eigenvalue weighted by Gasteiger charge is -2.08. The van der Waals surface area contributed by atoms with Crippen molar-refractivity contribution in [1.29, 1.82) is 0 Å². The minimum atomic E-state index is -3.36. The van der Waals surface area contributed by atoms with Crippen LogP contribution in [0.15, 0.2) is 48.6 Å². The van der Waals surface area contributed by atoms with Crippen molar-refractivity contribution in [1.82, 2.24) is 0 Å². The third-order valence-electron chi connectivity index (χ3n) is 4.19. The van der Waals surface area contributed by atoms with Crippen LogP contribution in [-0.4, -0.2) is 26.8 Å². The number of nitrogens with zero attached hydrogens (tertiary/aromatic N) is 3. The third kappa shape index (κ3) is 11.0. The minimum absolute atomic E-state index is 0.0133. The number of carbonyl (C=O) groups excluding carboxylic acids is 1. The second-order valence-corrected chi connectivity index (χ2v) is 6.48. The maximum absolute atomic E-state index is 10.8. The lowest BCUT2D eigenvalue weighted by molar-refractivity contribution is -0.970. The molecule has 0 aromatic carbocycles. The van der Waals surface area contributed by atoms with Crippen molar-refractivity contribution in [2.24, 2.45) is 0 Å². The zero-order valence-corrected chi connectivity index (χ0v) is 17.0. The highest BCUT2D eigenvalue weighted by Crippen LogP contribution is 2.21. The minimum Gasteiger partial charge on any atom is -0.303 e. The Morgan fingerprint density at radius 2 is 0.967 bits per heavy atom. The molecular weight excluding hydrogens is 394 g/mol. The van der Waals surface area contributed by atoms with E-state index in [1.165, 1.54) is 0 Å². The Balaban J connectivity index is 3.93. The van der Waals surface area contributed by atoms with Crippen molar-refractivity contribution in [2.75, 3.05) is 0 Å². The molecular formula is C20H29N3O7. The molecule has 0 aliphatic rings. The summed E-state index contributed by atoms with van der Waals surface area (Å²) in [7, 11) is 0. The van der Waals surface area contributed by atoms with Crippen LogP contribution in [0.25, 0.3) is 0 Å². The van der Waals surface area contributed by atoms with Crippen LogP contribution in [0.1, 0.15) is 64.2 Å². The zero-order chi connectivity index (χ0) is 22.7. The highest BCUT2D eigenvalue weighted by Gasteiger charge is 2.69. The molecule has 0 aromatic heterocycles. The molecule has 0 rings (SSSR count). The van der Waals surface area contributed by atoms with Gasteiger partial charge in [-0.1, -0.05) is 48.6 Å². The van der Waals surface area contributed by atoms with Crippen LogP contribution in [0, 0.1) is 30.3 Å². The van der Waals surface area contributed by atoms with E-state index in [2.05, 4.69) is 24.3 Å². The molecule has 0 aliphatic carbocycles. The SMILES string of the molecule is O=CCCCC=CCC=CCC=CCC=CCCCCC([N+](=O)[O-])([N+](=O)[O-])[N+](=O)[O-]. The van der Waals surface area contributed by atoms with Crippen LogP contribution in [-0.2, 0) is 4.79 Å². The maximum Gasteiger partial charge on any atom is 0.699 e. The molecule has 0 bridgehead atoms. The number of hydrogen-bond acceptors (Lipinski definition) is 7. The predicted molar refractivity (Wildman–Crippen MR) is 113 cm³/mol. The Hall–Kier alpha value is -3.17. The van der Waals surface area contributed by atoms with Gasteiger partial charge in [-0.05, 0) is 51.4 Å². The van der Waals surface area contributed by atoms with Crippen molar-refractivity contribution < 1.29 is 19.6 Å². The molecule has 0 atom stereocenters. The van der Waals surface area contributed by atoms with Gasteiger partial charge in [-0.3, -0.25) is 30.3 Å². The van der Waals surface area contributed by atoms with Gasteiger partial charge >= 0.3 is 5.79 Å². The fraction of sp³-hybridized carbons (Fsp3) is 0.550. The van der Waals surface area contributed by atoms with E-state index in [4.69, 9.17) is 0 Å². The van der Waals surface area contributed by atoms with Gasteiger partial charge in [-0.15, -0.1) is 0 Å². The molecule has 0 heterocycles. The molecule has 0 fully saturated rings. The number of allylic oxidation sites excluding steroid dienone is 8. The van der Waals surface area contributed by atoms with Crippen molar-refractivity contribution in [2.45, 2.75) is 70.0 Å². The molecule has 30 heavy (non-hydrogen) atoms. The Kier molecular flexibility index (Phi) is 15.0. The summed E-state index contributed by atoms with van der Waals surface area (Å²) >= 11 is 0. The predicted octanol–water partition coefficient (Wildman–Crippen LogP) is 4.80. The van der Waals surface area contributed by atoms with E-state index < -0.39 is 27.0 Å². The summed E-state index contributed by atoms with van der Waals surface area (Å²) < 4.78 is 0. The number of rotatable bonds is 18. The van der Waals surface area contributed by atoms with E-state index in [0.29, 0.717) is 25.7 Å². The average Bonchev–Trinajstić information content (AvgIpc) is 2.69. The second-order valence-electron chi connectivity index (χ2n) is 6.48. The first-order chi connectivity index (χ1) is 14.4. The number of unbranched alkanes of at least 4 members (excludes halogenated alkanes) is 4. The number of aldehydes is 1. The van der Waals surface area contributed by atoms with Gasteiger partial charge in [-0.2, -0.15) is 0 Å². The summed E-state index contributed by atoms with van der Waals surface area (Å²) in [5.41, 5.74) is 0. The van der Waals surface area contributed by atoms with E-state index in [1.54, 1.807) is 0 Å². The molecule has 0 radical (unpaired) electrons. The quantitative estimate of drug-likeness (QED) is 0.0768. The first kappa shape index (κ1) is 26.8. The third-order valence-corrected chi connectivity index (χ3v) is 4.19. The summed E-state index contributed by atoms with van der Waals surface area (Å²) in [5, 5.41) is 32.4. The Morgan fingerprint density at radius 3 is 1.37 bits per heavy atom. The molecule has 0 N–H and O–H groups in total. The highest BCUT2D eigenvalue weighted by molar-refractivity contribution is 5.49. The van der Waals surface area contributed by atoms with Gasteiger partial charge in [0.1, 0.15) is 6.29 Å². The largest absolute Gasteiger partial charge is 0.699 e. The number of carbonyl (C=O) groups is 1. The fourth-order valence-corrected chi connectivity index (χ4v) is 2.47. The molecule has 0 amide bonds. The summed E-state index contributed by atoms with van der Waals surface area (Å²) in [5.74, 6) is -3.36. The van der Waals surface area contributed by atoms with Gasteiger partial charge in [0.15, 0.2) is 21.2 Å². The maximum atomic E-state index is 10.8. The van der Waals surface area contributed by atoms with Crippen molar-refractivity contribution in [3.63, 3.8) is 0 Å². The van der Waals surface area contributed by atoms with Gasteiger partial charge in [-0.25, -0.2) is 0 Å². The molecule has 0 spiro atoms. The lowest BCUT2D eigenvalue weighted by Crippen LogP contribution is -2.53. The molecule has 0 aliphatic heterocycles. The van der Waals surface area contributed by atoms with Crippen LogP contribution >= 0.6 is 0 Å². The highest BCUT2D eigenvalue weighted by atomic mass is 16.7. The average molecular weight is 423 g/mol. The monoisotopic (exact) mass is 423 g/mol. The summed E-state index contributed by atoms with van der Waals surface area (Å²) in [4.78, 5) is 38.2. The van der Waals surface area contributed by atoms with Crippen LogP contribution in [0.4, 0.5) is 0 Å². The van der Waals surface area contributed by atoms with Crippen LogP contribution in [0.5, 0.6) is 0 Å². The normalized spacial score (nSPS) is 12.4. The Morgan fingerprint density at radius 1 is 0.567 bits per heavy atom. The molecule has 0 saturated carbocycles. The summed E-state index contributed by atoms with van der Waals surface area (Å²) in [6.45, 7) is 0. The first-order valence-corrected chi connectivity index (χ1v) is 9.86. The molecule has 0 unspecified atom stereocenters. The smallest absolute Gasteiger partial charge is 0.303 e. The lowest BCUT2D eigenvalue weighted by atomic mass is 10.1. The second kappa shape index (κ2) is 16.8. The number of hydrogen-bond donors (Lipinski definition) is 0. The van der Waals surface area contributed by atoms with Gasteiger partial charge in [0.25, 0.3) is 0 Å².